The van der Waals surface area contributed by atoms with Crippen molar-refractivity contribution < 1.29 is 4.79 Å². The number of amides is 1. The molecule has 2 atom stereocenters. The van der Waals surface area contributed by atoms with Gasteiger partial charge in [0.2, 0.25) is 5.91 Å². The number of carbonyl (C=O) groups is 1. The van der Waals surface area contributed by atoms with Crippen molar-refractivity contribution in [3.8, 4) is 0 Å². The molecule has 23 heavy (non-hydrogen) atoms. The maximum absolute atomic E-state index is 12.7. The lowest BCUT2D eigenvalue weighted by Gasteiger charge is -2.35. The number of hydrogen-bond donors (Lipinski definition) is 1. The third kappa shape index (κ3) is 3.00. The summed E-state index contributed by atoms with van der Waals surface area (Å²) in [5.74, 6) is 1.46. The highest BCUT2D eigenvalue weighted by atomic mass is 16.2. The normalized spacial score (nSPS) is 19.8. The van der Waals surface area contributed by atoms with E-state index < -0.39 is 0 Å². The van der Waals surface area contributed by atoms with Crippen LogP contribution in [-0.4, -0.2) is 49.2 Å². The number of carbonyl (C=O) groups excluding carboxylic acids is 1. The van der Waals surface area contributed by atoms with Gasteiger partial charge in [0.1, 0.15) is 17.7 Å². The molecule has 7 nitrogen and oxygen atoms in total. The predicted molar refractivity (Wildman–Crippen MR) is 89.2 cm³/mol. The number of aryl methyl sites for hydroxylation is 2. The second-order valence-electron chi connectivity index (χ2n) is 6.37. The monoisotopic (exact) mass is 316 g/mol. The number of fused-ring (bicyclic) bond motifs is 1. The third-order valence-electron chi connectivity index (χ3n) is 4.51. The number of aromatic nitrogens is 4. The first-order valence-corrected chi connectivity index (χ1v) is 8.20. The topological polar surface area (TPSA) is 75.9 Å². The summed E-state index contributed by atoms with van der Waals surface area (Å²) in [5, 5.41) is 8.33. The summed E-state index contributed by atoms with van der Waals surface area (Å²) >= 11 is 0. The zero-order valence-electron chi connectivity index (χ0n) is 14.2. The Morgan fingerprint density at radius 1 is 1.39 bits per heavy atom. The Balaban J connectivity index is 1.82. The van der Waals surface area contributed by atoms with Crippen molar-refractivity contribution in [1.82, 2.24) is 24.6 Å². The summed E-state index contributed by atoms with van der Waals surface area (Å²) in [4.78, 5) is 23.6. The van der Waals surface area contributed by atoms with Crippen molar-refractivity contribution in [2.75, 3.05) is 11.9 Å². The summed E-state index contributed by atoms with van der Waals surface area (Å²) in [6, 6.07) is -0.0145. The van der Waals surface area contributed by atoms with Crippen LogP contribution in [0.25, 0.3) is 11.0 Å². The van der Waals surface area contributed by atoms with Crippen LogP contribution in [-0.2, 0) is 11.8 Å². The summed E-state index contributed by atoms with van der Waals surface area (Å²) in [6.07, 6.45) is 5.10. The van der Waals surface area contributed by atoms with Crippen LogP contribution in [0.15, 0.2) is 6.20 Å². The van der Waals surface area contributed by atoms with Crippen LogP contribution < -0.4 is 5.32 Å². The predicted octanol–water partition coefficient (Wildman–Crippen LogP) is 1.87. The number of rotatable bonds is 3. The Labute approximate surface area is 136 Å². The molecule has 0 aromatic carbocycles. The van der Waals surface area contributed by atoms with E-state index in [1.54, 1.807) is 10.9 Å². The summed E-state index contributed by atoms with van der Waals surface area (Å²) < 4.78 is 1.72. The van der Waals surface area contributed by atoms with Crippen molar-refractivity contribution in [3.05, 3.63) is 12.0 Å². The average Bonchev–Trinajstić information content (AvgIpc) is 2.88. The lowest BCUT2D eigenvalue weighted by molar-refractivity contribution is -0.134. The summed E-state index contributed by atoms with van der Waals surface area (Å²) in [7, 11) is 1.85. The first-order valence-electron chi connectivity index (χ1n) is 8.20. The van der Waals surface area contributed by atoms with Crippen LogP contribution in [0.1, 0.15) is 38.9 Å². The van der Waals surface area contributed by atoms with Crippen molar-refractivity contribution in [3.63, 3.8) is 0 Å². The van der Waals surface area contributed by atoms with Gasteiger partial charge in [-0.2, -0.15) is 5.10 Å². The molecule has 1 N–H and O–H groups in total. The molecular weight excluding hydrogens is 292 g/mol. The SMILES string of the molecule is Cc1nc(N[C@H](C)C(=O)N2CCCC[C@H]2C)c2cnn(C)c2n1. The molecule has 124 valence electrons. The van der Waals surface area contributed by atoms with E-state index >= 15 is 0 Å². The van der Waals surface area contributed by atoms with Gasteiger partial charge >= 0.3 is 0 Å². The van der Waals surface area contributed by atoms with Gasteiger partial charge in [-0.05, 0) is 40.0 Å². The highest BCUT2D eigenvalue weighted by Gasteiger charge is 2.27. The minimum atomic E-state index is -0.326. The smallest absolute Gasteiger partial charge is 0.245 e. The molecule has 1 saturated heterocycles. The molecule has 0 radical (unpaired) electrons. The first-order chi connectivity index (χ1) is 11.0. The number of piperidine rings is 1. The molecule has 2 aromatic heterocycles. The Morgan fingerprint density at radius 3 is 2.91 bits per heavy atom. The summed E-state index contributed by atoms with van der Waals surface area (Å²) in [5.41, 5.74) is 0.769. The van der Waals surface area contributed by atoms with E-state index in [1.807, 2.05) is 25.8 Å². The molecule has 3 rings (SSSR count). The van der Waals surface area contributed by atoms with Gasteiger partial charge in [-0.3, -0.25) is 9.48 Å². The van der Waals surface area contributed by atoms with Gasteiger partial charge in [-0.25, -0.2) is 9.97 Å². The summed E-state index contributed by atoms with van der Waals surface area (Å²) in [6.45, 7) is 6.70. The molecule has 2 aromatic rings. The molecule has 7 heteroatoms. The largest absolute Gasteiger partial charge is 0.358 e. The number of nitrogens with one attached hydrogen (secondary N) is 1. The quantitative estimate of drug-likeness (QED) is 0.935. The molecule has 0 bridgehead atoms. The molecular formula is C16H24N6O. The van der Waals surface area contributed by atoms with E-state index in [2.05, 4.69) is 27.3 Å². The van der Waals surface area contributed by atoms with Gasteiger partial charge in [0, 0.05) is 19.6 Å². The van der Waals surface area contributed by atoms with Crippen LogP contribution in [0.5, 0.6) is 0 Å². The zero-order chi connectivity index (χ0) is 16.6. The zero-order valence-corrected chi connectivity index (χ0v) is 14.2. The fraction of sp³-hybridized carbons (Fsp3) is 0.625. The van der Waals surface area contributed by atoms with Crippen molar-refractivity contribution in [1.29, 1.82) is 0 Å². The van der Waals surface area contributed by atoms with Crippen LogP contribution in [0.2, 0.25) is 0 Å². The van der Waals surface area contributed by atoms with Crippen LogP contribution in [0.4, 0.5) is 5.82 Å². The van der Waals surface area contributed by atoms with Gasteiger partial charge < -0.3 is 10.2 Å². The molecule has 1 fully saturated rings. The number of hydrogen-bond acceptors (Lipinski definition) is 5. The Bertz CT molecular complexity index is 725. The highest BCUT2D eigenvalue weighted by Crippen LogP contribution is 2.22. The molecule has 0 aliphatic carbocycles. The standard InChI is InChI=1S/C16H24N6O/c1-10-7-5-6-8-22(10)16(23)11(2)18-14-13-9-17-21(4)15(13)20-12(3)19-14/h9-11H,5-8H2,1-4H3,(H,18,19,20)/t10-,11-/m1/s1. The van der Waals surface area contributed by atoms with Crippen LogP contribution in [0.3, 0.4) is 0 Å². The molecule has 0 saturated carbocycles. The molecule has 3 heterocycles. The molecule has 1 aliphatic heterocycles. The second kappa shape index (κ2) is 6.14. The molecule has 1 aliphatic rings. The van der Waals surface area contributed by atoms with Gasteiger partial charge in [0.15, 0.2) is 5.65 Å². The number of likely N-dealkylation sites (tertiary alicyclic amines) is 1. The minimum absolute atomic E-state index is 0.130. The molecule has 0 spiro atoms. The first kappa shape index (κ1) is 15.7. The van der Waals surface area contributed by atoms with Crippen LogP contribution in [0, 0.1) is 6.92 Å². The third-order valence-corrected chi connectivity index (χ3v) is 4.51. The Hall–Kier alpha value is -2.18. The van der Waals surface area contributed by atoms with Gasteiger partial charge in [-0.15, -0.1) is 0 Å². The lowest BCUT2D eigenvalue weighted by Crippen LogP contribution is -2.48. The maximum atomic E-state index is 12.7. The Morgan fingerprint density at radius 2 is 2.17 bits per heavy atom. The van der Waals surface area contributed by atoms with Gasteiger partial charge in [0.05, 0.1) is 11.6 Å². The fourth-order valence-corrected chi connectivity index (χ4v) is 3.18. The number of nitrogens with zero attached hydrogens (tertiary/aromatic N) is 5. The van der Waals surface area contributed by atoms with E-state index in [0.717, 1.165) is 30.4 Å². The Kier molecular flexibility index (Phi) is 4.19. The minimum Gasteiger partial charge on any atom is -0.358 e. The van der Waals surface area contributed by atoms with Crippen molar-refractivity contribution in [2.24, 2.45) is 7.05 Å². The van der Waals surface area contributed by atoms with Crippen molar-refractivity contribution >= 4 is 22.8 Å². The van der Waals surface area contributed by atoms with Gasteiger partial charge in [0.25, 0.3) is 0 Å². The molecule has 0 unspecified atom stereocenters. The van der Waals surface area contributed by atoms with E-state index in [9.17, 15) is 4.79 Å². The van der Waals surface area contributed by atoms with Crippen molar-refractivity contribution in [2.45, 2.75) is 52.1 Å². The van der Waals surface area contributed by atoms with E-state index in [1.165, 1.54) is 6.42 Å². The van der Waals surface area contributed by atoms with Crippen LogP contribution >= 0.6 is 0 Å². The number of anilines is 1. The highest BCUT2D eigenvalue weighted by molar-refractivity contribution is 5.90. The van der Waals surface area contributed by atoms with E-state index in [-0.39, 0.29) is 11.9 Å². The average molecular weight is 316 g/mol. The van der Waals surface area contributed by atoms with Gasteiger partial charge in [-0.1, -0.05) is 0 Å². The lowest BCUT2D eigenvalue weighted by atomic mass is 10.0. The van der Waals surface area contributed by atoms with E-state index in [4.69, 9.17) is 0 Å². The maximum Gasteiger partial charge on any atom is 0.245 e. The second-order valence-corrected chi connectivity index (χ2v) is 6.37. The van der Waals surface area contributed by atoms with E-state index in [0.29, 0.717) is 17.7 Å². The fourth-order valence-electron chi connectivity index (χ4n) is 3.18. The molecule has 1 amide bonds.